The number of amides is 1. The molecule has 5 heteroatoms. The molecule has 1 amide bonds. The first kappa shape index (κ1) is 17.0. The lowest BCUT2D eigenvalue weighted by molar-refractivity contribution is -0.140. The number of hydrogen-bond donors (Lipinski definition) is 2. The largest absolute Gasteiger partial charge is 0.480 e. The number of alkyl carbamates (subject to hydrolysis) is 1. The Balaban J connectivity index is 2.51. The third-order valence-corrected chi connectivity index (χ3v) is 3.52. The summed E-state index contributed by atoms with van der Waals surface area (Å²) in [5.41, 5.74) is 0.698. The standard InChI is InChI=1S/C16H23NO4/c1-4-16(2,3)10-13(14(18)19)17-15(20)21-11-12-8-6-5-7-9-12/h5-9,13H,4,10-11H2,1-3H3,(H,17,20)(H,18,19). The van der Waals surface area contributed by atoms with Gasteiger partial charge in [0.25, 0.3) is 0 Å². The molecule has 0 aromatic heterocycles. The first-order valence-corrected chi connectivity index (χ1v) is 7.04. The molecule has 1 aromatic rings. The Labute approximate surface area is 125 Å². The summed E-state index contributed by atoms with van der Waals surface area (Å²) in [7, 11) is 0. The van der Waals surface area contributed by atoms with Crippen LogP contribution in [0, 0.1) is 5.41 Å². The molecule has 0 aliphatic rings. The molecule has 0 aliphatic carbocycles. The molecule has 0 aliphatic heterocycles. The van der Waals surface area contributed by atoms with Crippen molar-refractivity contribution in [1.82, 2.24) is 5.32 Å². The van der Waals surface area contributed by atoms with Gasteiger partial charge in [0.15, 0.2) is 0 Å². The van der Waals surface area contributed by atoms with Crippen LogP contribution >= 0.6 is 0 Å². The number of rotatable bonds is 7. The van der Waals surface area contributed by atoms with Gasteiger partial charge in [-0.15, -0.1) is 0 Å². The van der Waals surface area contributed by atoms with Gasteiger partial charge in [-0.3, -0.25) is 0 Å². The van der Waals surface area contributed by atoms with Crippen LogP contribution in [0.3, 0.4) is 0 Å². The lowest BCUT2D eigenvalue weighted by atomic mass is 9.83. The highest BCUT2D eigenvalue weighted by Gasteiger charge is 2.28. The molecule has 1 unspecified atom stereocenters. The summed E-state index contributed by atoms with van der Waals surface area (Å²) in [6.07, 6.45) is 0.481. The highest BCUT2D eigenvalue weighted by atomic mass is 16.5. The highest BCUT2D eigenvalue weighted by Crippen LogP contribution is 2.26. The molecule has 0 saturated heterocycles. The molecule has 0 fully saturated rings. The van der Waals surface area contributed by atoms with Crippen LogP contribution in [-0.4, -0.2) is 23.2 Å². The fourth-order valence-corrected chi connectivity index (χ4v) is 1.80. The smallest absolute Gasteiger partial charge is 0.408 e. The molecular formula is C16H23NO4. The van der Waals surface area contributed by atoms with Crippen molar-refractivity contribution >= 4 is 12.1 Å². The average molecular weight is 293 g/mol. The second-order valence-electron chi connectivity index (χ2n) is 5.82. The van der Waals surface area contributed by atoms with Crippen LogP contribution < -0.4 is 5.32 Å². The fourth-order valence-electron chi connectivity index (χ4n) is 1.80. The number of carbonyl (C=O) groups is 2. The molecule has 116 valence electrons. The zero-order chi connectivity index (χ0) is 15.9. The van der Waals surface area contributed by atoms with E-state index < -0.39 is 18.1 Å². The third-order valence-electron chi connectivity index (χ3n) is 3.52. The van der Waals surface area contributed by atoms with Crippen molar-refractivity contribution < 1.29 is 19.4 Å². The predicted molar refractivity (Wildman–Crippen MR) is 79.9 cm³/mol. The molecule has 2 N–H and O–H groups in total. The SMILES string of the molecule is CCC(C)(C)CC(NC(=O)OCc1ccccc1)C(=O)O. The summed E-state index contributed by atoms with van der Waals surface area (Å²) >= 11 is 0. The lowest BCUT2D eigenvalue weighted by Crippen LogP contribution is -2.43. The first-order valence-electron chi connectivity index (χ1n) is 7.04. The van der Waals surface area contributed by atoms with Gasteiger partial charge in [-0.25, -0.2) is 9.59 Å². The lowest BCUT2D eigenvalue weighted by Gasteiger charge is -2.26. The van der Waals surface area contributed by atoms with Gasteiger partial charge < -0.3 is 15.2 Å². The number of benzene rings is 1. The number of aliphatic carboxylic acids is 1. The van der Waals surface area contributed by atoms with E-state index in [2.05, 4.69) is 5.32 Å². The predicted octanol–water partition coefficient (Wildman–Crippen LogP) is 3.19. The second-order valence-corrected chi connectivity index (χ2v) is 5.82. The zero-order valence-electron chi connectivity index (χ0n) is 12.8. The fraction of sp³-hybridized carbons (Fsp3) is 0.500. The molecule has 0 radical (unpaired) electrons. The van der Waals surface area contributed by atoms with E-state index in [1.807, 2.05) is 51.1 Å². The maximum absolute atomic E-state index is 11.7. The van der Waals surface area contributed by atoms with E-state index in [9.17, 15) is 14.7 Å². The van der Waals surface area contributed by atoms with Crippen LogP contribution in [0.4, 0.5) is 4.79 Å². The summed E-state index contributed by atoms with van der Waals surface area (Å²) in [6, 6.07) is 8.30. The van der Waals surface area contributed by atoms with Crippen molar-refractivity contribution in [2.24, 2.45) is 5.41 Å². The Morgan fingerprint density at radius 1 is 1.29 bits per heavy atom. The Hall–Kier alpha value is -2.04. The number of hydrogen-bond acceptors (Lipinski definition) is 3. The van der Waals surface area contributed by atoms with Crippen molar-refractivity contribution in [3.05, 3.63) is 35.9 Å². The molecule has 0 heterocycles. The van der Waals surface area contributed by atoms with Crippen molar-refractivity contribution in [3.8, 4) is 0 Å². The van der Waals surface area contributed by atoms with Crippen LogP contribution in [0.1, 0.15) is 39.2 Å². The zero-order valence-corrected chi connectivity index (χ0v) is 12.8. The monoisotopic (exact) mass is 293 g/mol. The van der Waals surface area contributed by atoms with Gasteiger partial charge >= 0.3 is 12.1 Å². The molecule has 0 saturated carbocycles. The van der Waals surface area contributed by atoms with Crippen LogP contribution in [0.15, 0.2) is 30.3 Å². The maximum atomic E-state index is 11.7. The van der Waals surface area contributed by atoms with Crippen LogP contribution in [0.5, 0.6) is 0 Å². The van der Waals surface area contributed by atoms with Gasteiger partial charge in [-0.05, 0) is 17.4 Å². The van der Waals surface area contributed by atoms with E-state index in [1.165, 1.54) is 0 Å². The van der Waals surface area contributed by atoms with Gasteiger partial charge in [0, 0.05) is 0 Å². The minimum atomic E-state index is -1.05. The van der Waals surface area contributed by atoms with Crippen molar-refractivity contribution in [3.63, 3.8) is 0 Å². The van der Waals surface area contributed by atoms with E-state index in [1.54, 1.807) is 0 Å². The van der Waals surface area contributed by atoms with Crippen LogP contribution in [-0.2, 0) is 16.1 Å². The van der Waals surface area contributed by atoms with Crippen molar-refractivity contribution in [2.45, 2.75) is 46.3 Å². The Morgan fingerprint density at radius 3 is 2.43 bits per heavy atom. The summed E-state index contributed by atoms with van der Waals surface area (Å²) < 4.78 is 5.04. The molecule has 21 heavy (non-hydrogen) atoms. The van der Waals surface area contributed by atoms with Gasteiger partial charge in [0.2, 0.25) is 0 Å². The van der Waals surface area contributed by atoms with Gasteiger partial charge in [0.1, 0.15) is 12.6 Å². The number of nitrogens with one attached hydrogen (secondary N) is 1. The summed E-state index contributed by atoms with van der Waals surface area (Å²) in [6.45, 7) is 6.06. The van der Waals surface area contributed by atoms with Crippen molar-refractivity contribution in [1.29, 1.82) is 0 Å². The second kappa shape index (κ2) is 7.67. The molecule has 0 bridgehead atoms. The minimum Gasteiger partial charge on any atom is -0.480 e. The van der Waals surface area contributed by atoms with Gasteiger partial charge in [-0.1, -0.05) is 57.5 Å². The summed E-state index contributed by atoms with van der Waals surface area (Å²) in [4.78, 5) is 22.9. The van der Waals surface area contributed by atoms with Crippen LogP contribution in [0.25, 0.3) is 0 Å². The van der Waals surface area contributed by atoms with Crippen LogP contribution in [0.2, 0.25) is 0 Å². The van der Waals surface area contributed by atoms with E-state index in [0.29, 0.717) is 6.42 Å². The number of ether oxygens (including phenoxy) is 1. The van der Waals surface area contributed by atoms with E-state index in [4.69, 9.17) is 4.74 Å². The highest BCUT2D eigenvalue weighted by molar-refractivity contribution is 5.79. The molecular weight excluding hydrogens is 270 g/mol. The molecule has 0 spiro atoms. The van der Waals surface area contributed by atoms with E-state index >= 15 is 0 Å². The Morgan fingerprint density at radius 2 is 1.90 bits per heavy atom. The maximum Gasteiger partial charge on any atom is 0.408 e. The molecule has 1 aromatic carbocycles. The Bertz CT molecular complexity index is 470. The number of carboxylic acids is 1. The average Bonchev–Trinajstić information content (AvgIpc) is 2.45. The van der Waals surface area contributed by atoms with Crippen molar-refractivity contribution in [2.75, 3.05) is 0 Å². The molecule has 5 nitrogen and oxygen atoms in total. The third kappa shape index (κ3) is 6.29. The normalized spacial score (nSPS) is 12.5. The number of carbonyl (C=O) groups excluding carboxylic acids is 1. The Kier molecular flexibility index (Phi) is 6.21. The van der Waals surface area contributed by atoms with E-state index in [0.717, 1.165) is 12.0 Å². The van der Waals surface area contributed by atoms with Gasteiger partial charge in [-0.2, -0.15) is 0 Å². The number of carboxylic acid groups (broad SMARTS) is 1. The minimum absolute atomic E-state index is 0.121. The van der Waals surface area contributed by atoms with E-state index in [-0.39, 0.29) is 12.0 Å². The van der Waals surface area contributed by atoms with Gasteiger partial charge in [0.05, 0.1) is 0 Å². The topological polar surface area (TPSA) is 75.6 Å². The summed E-state index contributed by atoms with van der Waals surface area (Å²) in [5, 5.41) is 11.6. The first-order chi connectivity index (χ1) is 9.84. The quantitative estimate of drug-likeness (QED) is 0.809. The molecule has 1 rings (SSSR count). The summed E-state index contributed by atoms with van der Waals surface area (Å²) in [5.74, 6) is -1.05. The molecule has 1 atom stereocenters.